The summed E-state index contributed by atoms with van der Waals surface area (Å²) in [4.78, 5) is 14.4. The molecule has 0 atom stereocenters. The van der Waals surface area contributed by atoms with E-state index < -0.39 is 0 Å². The highest BCUT2D eigenvalue weighted by molar-refractivity contribution is 7.99. The molecule has 0 unspecified atom stereocenters. The summed E-state index contributed by atoms with van der Waals surface area (Å²) < 4.78 is 1.24. The first-order chi connectivity index (χ1) is 15.5. The molecule has 0 fully saturated rings. The van der Waals surface area contributed by atoms with Crippen molar-refractivity contribution in [1.82, 2.24) is 14.9 Å². The molecular formula is C21H25ClN8OS. The summed E-state index contributed by atoms with van der Waals surface area (Å²) in [6.45, 7) is 6.17. The Hall–Kier alpha value is -3.24. The molecule has 0 spiro atoms. The fourth-order valence-corrected chi connectivity index (χ4v) is 3.69. The van der Waals surface area contributed by atoms with Crippen LogP contribution in [0.4, 0.5) is 17.3 Å². The number of nitrogens with zero attached hydrogens (tertiary/aromatic N) is 5. The molecule has 32 heavy (non-hydrogen) atoms. The van der Waals surface area contributed by atoms with Crippen LogP contribution in [-0.2, 0) is 4.79 Å². The van der Waals surface area contributed by atoms with Crippen molar-refractivity contribution < 1.29 is 4.79 Å². The Morgan fingerprint density at radius 1 is 1.19 bits per heavy atom. The number of para-hydroxylation sites is 1. The molecule has 0 saturated heterocycles. The number of benzene rings is 2. The monoisotopic (exact) mass is 472 g/mol. The van der Waals surface area contributed by atoms with Crippen LogP contribution < -0.4 is 21.5 Å². The van der Waals surface area contributed by atoms with Crippen LogP contribution in [0, 0.1) is 0 Å². The first-order valence-electron chi connectivity index (χ1n) is 10.0. The lowest BCUT2D eigenvalue weighted by molar-refractivity contribution is -0.113. The van der Waals surface area contributed by atoms with E-state index in [0.29, 0.717) is 15.9 Å². The molecule has 0 radical (unpaired) electrons. The lowest BCUT2D eigenvalue weighted by atomic mass is 10.2. The number of aromatic nitrogens is 3. The van der Waals surface area contributed by atoms with Crippen LogP contribution in [0.2, 0.25) is 5.02 Å². The predicted octanol–water partition coefficient (Wildman–Crippen LogP) is 3.67. The number of hydrogen-bond donors (Lipinski definition) is 3. The molecule has 0 aliphatic rings. The van der Waals surface area contributed by atoms with Crippen molar-refractivity contribution in [2.75, 3.05) is 40.3 Å². The van der Waals surface area contributed by atoms with Crippen LogP contribution in [-0.4, -0.2) is 45.8 Å². The van der Waals surface area contributed by atoms with Crippen molar-refractivity contribution >= 4 is 52.8 Å². The van der Waals surface area contributed by atoms with Gasteiger partial charge in [0.05, 0.1) is 22.7 Å². The van der Waals surface area contributed by atoms with Gasteiger partial charge < -0.3 is 16.1 Å². The second kappa shape index (κ2) is 11.4. The highest BCUT2D eigenvalue weighted by atomic mass is 35.5. The lowest BCUT2D eigenvalue weighted by Gasteiger charge is -2.20. The standard InChI is InChI=1S/C21H25ClN8OS/c1-3-29(4-2)16-11-9-15(10-12-16)13-24-26-20-27-28-21(30(20)23)32-14-19(31)25-18-8-6-5-7-17(18)22/h5-13H,3-4,14,23H2,1-2H3,(H,25,31)(H,26,27)/b24-13+. The Morgan fingerprint density at radius 3 is 2.59 bits per heavy atom. The van der Waals surface area contributed by atoms with Crippen molar-refractivity contribution in [1.29, 1.82) is 0 Å². The zero-order chi connectivity index (χ0) is 22.9. The lowest BCUT2D eigenvalue weighted by Crippen LogP contribution is -2.21. The van der Waals surface area contributed by atoms with Gasteiger partial charge in [-0.2, -0.15) is 5.10 Å². The zero-order valence-electron chi connectivity index (χ0n) is 17.8. The maximum absolute atomic E-state index is 12.2. The minimum atomic E-state index is -0.230. The van der Waals surface area contributed by atoms with E-state index in [4.69, 9.17) is 17.4 Å². The zero-order valence-corrected chi connectivity index (χ0v) is 19.4. The van der Waals surface area contributed by atoms with Gasteiger partial charge in [0, 0.05) is 18.8 Å². The van der Waals surface area contributed by atoms with E-state index in [0.717, 1.165) is 30.4 Å². The summed E-state index contributed by atoms with van der Waals surface area (Å²) >= 11 is 7.20. The number of carbonyl (C=O) groups excluding carboxylic acids is 1. The van der Waals surface area contributed by atoms with Crippen LogP contribution in [0.3, 0.4) is 0 Å². The Morgan fingerprint density at radius 2 is 1.91 bits per heavy atom. The minimum absolute atomic E-state index is 0.0999. The Labute approximate surface area is 196 Å². The quantitative estimate of drug-likeness (QED) is 0.178. The number of hydrazone groups is 1. The minimum Gasteiger partial charge on any atom is -0.372 e. The molecule has 4 N–H and O–H groups in total. The van der Waals surface area contributed by atoms with Crippen molar-refractivity contribution in [3.8, 4) is 0 Å². The molecule has 1 aromatic heterocycles. The van der Waals surface area contributed by atoms with Gasteiger partial charge in [0.1, 0.15) is 0 Å². The predicted molar refractivity (Wildman–Crippen MR) is 132 cm³/mol. The summed E-state index contributed by atoms with van der Waals surface area (Å²) in [6, 6.07) is 15.1. The third-order valence-corrected chi connectivity index (χ3v) is 5.82. The van der Waals surface area contributed by atoms with Gasteiger partial charge in [-0.25, -0.2) is 10.1 Å². The molecule has 0 saturated carbocycles. The molecule has 0 aliphatic heterocycles. The Balaban J connectivity index is 1.52. The van der Waals surface area contributed by atoms with Crippen LogP contribution in [0.15, 0.2) is 58.8 Å². The Bertz CT molecular complexity index is 1070. The highest BCUT2D eigenvalue weighted by Gasteiger charge is 2.12. The molecule has 11 heteroatoms. The first kappa shape index (κ1) is 23.4. The Kier molecular flexibility index (Phi) is 8.34. The van der Waals surface area contributed by atoms with Crippen LogP contribution in [0.25, 0.3) is 0 Å². The van der Waals surface area contributed by atoms with Crippen molar-refractivity contribution in [3.63, 3.8) is 0 Å². The van der Waals surface area contributed by atoms with Gasteiger partial charge in [-0.15, -0.1) is 10.2 Å². The van der Waals surface area contributed by atoms with Gasteiger partial charge in [0.2, 0.25) is 11.1 Å². The number of rotatable bonds is 10. The molecule has 0 aliphatic carbocycles. The van der Waals surface area contributed by atoms with E-state index >= 15 is 0 Å². The summed E-state index contributed by atoms with van der Waals surface area (Å²) in [5.41, 5.74) is 5.42. The fraction of sp³-hybridized carbons (Fsp3) is 0.238. The highest BCUT2D eigenvalue weighted by Crippen LogP contribution is 2.22. The van der Waals surface area contributed by atoms with E-state index in [1.165, 1.54) is 10.4 Å². The SMILES string of the molecule is CCN(CC)c1ccc(/C=N/Nc2nnc(SCC(=O)Nc3ccccc3Cl)n2N)cc1. The normalized spacial score (nSPS) is 11.0. The maximum atomic E-state index is 12.2. The molecule has 168 valence electrons. The second-order valence-corrected chi connectivity index (χ2v) is 7.98. The number of nitrogens with one attached hydrogen (secondary N) is 2. The largest absolute Gasteiger partial charge is 0.372 e. The second-order valence-electron chi connectivity index (χ2n) is 6.63. The average Bonchev–Trinajstić information content (AvgIpc) is 3.15. The van der Waals surface area contributed by atoms with Crippen molar-refractivity contribution in [2.24, 2.45) is 5.10 Å². The third kappa shape index (κ3) is 6.14. The molecule has 0 bridgehead atoms. The van der Waals surface area contributed by atoms with Crippen LogP contribution in [0.1, 0.15) is 19.4 Å². The number of halogens is 1. The molecule has 2 aromatic carbocycles. The fourth-order valence-electron chi connectivity index (χ4n) is 2.86. The van der Waals surface area contributed by atoms with Gasteiger partial charge in [0.15, 0.2) is 0 Å². The molecule has 1 heterocycles. The summed E-state index contributed by atoms with van der Waals surface area (Å²) in [6.07, 6.45) is 1.67. The van der Waals surface area contributed by atoms with Crippen molar-refractivity contribution in [2.45, 2.75) is 19.0 Å². The number of nitrogen functional groups attached to an aromatic ring is 1. The van der Waals surface area contributed by atoms with E-state index in [2.05, 4.69) is 56.9 Å². The van der Waals surface area contributed by atoms with Gasteiger partial charge in [-0.1, -0.05) is 47.6 Å². The summed E-state index contributed by atoms with van der Waals surface area (Å²) in [7, 11) is 0. The van der Waals surface area contributed by atoms with Crippen molar-refractivity contribution in [3.05, 3.63) is 59.1 Å². The number of thioether (sulfide) groups is 1. The van der Waals surface area contributed by atoms with E-state index in [1.54, 1.807) is 30.5 Å². The molecule has 3 aromatic rings. The molecular weight excluding hydrogens is 448 g/mol. The number of carbonyl (C=O) groups is 1. The molecule has 3 rings (SSSR count). The van der Waals surface area contributed by atoms with Gasteiger partial charge in [0.25, 0.3) is 5.95 Å². The number of anilines is 3. The van der Waals surface area contributed by atoms with Gasteiger partial charge >= 0.3 is 0 Å². The molecule has 1 amide bonds. The first-order valence-corrected chi connectivity index (χ1v) is 11.4. The average molecular weight is 473 g/mol. The maximum Gasteiger partial charge on any atom is 0.264 e. The number of amides is 1. The summed E-state index contributed by atoms with van der Waals surface area (Å²) in [5.74, 6) is 6.13. The smallest absolute Gasteiger partial charge is 0.264 e. The van der Waals surface area contributed by atoms with E-state index in [9.17, 15) is 4.79 Å². The van der Waals surface area contributed by atoms with E-state index in [1.807, 2.05) is 12.1 Å². The van der Waals surface area contributed by atoms with E-state index in [-0.39, 0.29) is 17.6 Å². The van der Waals surface area contributed by atoms with Crippen LogP contribution >= 0.6 is 23.4 Å². The number of hydrogen-bond acceptors (Lipinski definition) is 8. The van der Waals surface area contributed by atoms with Gasteiger partial charge in [-0.05, 0) is 43.7 Å². The molecule has 9 nitrogen and oxygen atoms in total. The summed E-state index contributed by atoms with van der Waals surface area (Å²) in [5, 5.41) is 15.7. The van der Waals surface area contributed by atoms with Gasteiger partial charge in [-0.3, -0.25) is 4.79 Å². The topological polar surface area (TPSA) is 113 Å². The number of nitrogens with two attached hydrogens (primary N) is 1. The van der Waals surface area contributed by atoms with Crippen LogP contribution in [0.5, 0.6) is 0 Å². The third-order valence-electron chi connectivity index (χ3n) is 4.54.